The van der Waals surface area contributed by atoms with Gasteiger partial charge in [-0.1, -0.05) is 6.07 Å². The van der Waals surface area contributed by atoms with E-state index in [4.69, 9.17) is 14.2 Å². The number of carbonyl (C=O) groups excluding carboxylic acids is 2. The van der Waals surface area contributed by atoms with Crippen LogP contribution in [-0.4, -0.2) is 31.6 Å². The van der Waals surface area contributed by atoms with Crippen molar-refractivity contribution in [2.24, 2.45) is 0 Å². The fourth-order valence-electron chi connectivity index (χ4n) is 2.04. The minimum absolute atomic E-state index is 0.00289. The Bertz CT molecular complexity index is 744. The third kappa shape index (κ3) is 6.01. The highest BCUT2D eigenvalue weighted by Gasteiger charge is 2.09. The molecule has 7 nitrogen and oxygen atoms in total. The first-order valence-corrected chi connectivity index (χ1v) is 8.10. The summed E-state index contributed by atoms with van der Waals surface area (Å²) < 4.78 is 15.9. The highest BCUT2D eigenvalue weighted by Crippen LogP contribution is 2.17. The van der Waals surface area contributed by atoms with Gasteiger partial charge in [-0.2, -0.15) is 0 Å². The van der Waals surface area contributed by atoms with Crippen LogP contribution in [0.3, 0.4) is 0 Å². The number of amides is 2. The SMILES string of the molecule is COc1ccc(OCC(=O)NNC(=O)c2cccc(OC(C)C)c2)cc1. The van der Waals surface area contributed by atoms with Crippen molar-refractivity contribution in [1.29, 1.82) is 0 Å². The van der Waals surface area contributed by atoms with Gasteiger partial charge in [-0.3, -0.25) is 20.4 Å². The van der Waals surface area contributed by atoms with E-state index in [0.29, 0.717) is 22.8 Å². The number of ether oxygens (including phenoxy) is 3. The Morgan fingerprint density at radius 1 is 0.962 bits per heavy atom. The van der Waals surface area contributed by atoms with E-state index in [0.717, 1.165) is 0 Å². The first-order chi connectivity index (χ1) is 12.5. The first kappa shape index (κ1) is 19.1. The molecule has 0 unspecified atom stereocenters. The van der Waals surface area contributed by atoms with Gasteiger partial charge in [0.15, 0.2) is 6.61 Å². The average Bonchev–Trinajstić information content (AvgIpc) is 2.64. The van der Waals surface area contributed by atoms with Crippen molar-refractivity contribution in [3.63, 3.8) is 0 Å². The van der Waals surface area contributed by atoms with Crippen LogP contribution in [0.2, 0.25) is 0 Å². The van der Waals surface area contributed by atoms with Gasteiger partial charge in [0, 0.05) is 5.56 Å². The quantitative estimate of drug-likeness (QED) is 0.742. The molecule has 0 aliphatic heterocycles. The molecule has 0 saturated carbocycles. The molecule has 0 bridgehead atoms. The Morgan fingerprint density at radius 3 is 2.31 bits per heavy atom. The molecule has 7 heteroatoms. The molecule has 2 aromatic carbocycles. The molecule has 0 fully saturated rings. The molecule has 26 heavy (non-hydrogen) atoms. The summed E-state index contributed by atoms with van der Waals surface area (Å²) in [4.78, 5) is 23.9. The molecular weight excluding hydrogens is 336 g/mol. The Balaban J connectivity index is 1.80. The van der Waals surface area contributed by atoms with Gasteiger partial charge in [-0.15, -0.1) is 0 Å². The van der Waals surface area contributed by atoms with Crippen molar-refractivity contribution >= 4 is 11.8 Å². The maximum absolute atomic E-state index is 12.1. The summed E-state index contributed by atoms with van der Waals surface area (Å²) in [5, 5.41) is 0. The fraction of sp³-hybridized carbons (Fsp3) is 0.263. The van der Waals surface area contributed by atoms with Crippen LogP contribution in [0.15, 0.2) is 48.5 Å². The predicted octanol–water partition coefficient (Wildman–Crippen LogP) is 2.32. The van der Waals surface area contributed by atoms with E-state index in [9.17, 15) is 9.59 Å². The molecule has 0 radical (unpaired) electrons. The van der Waals surface area contributed by atoms with E-state index in [-0.39, 0.29) is 12.7 Å². The normalized spacial score (nSPS) is 10.2. The van der Waals surface area contributed by atoms with Gasteiger partial charge in [0.1, 0.15) is 17.2 Å². The molecule has 0 aliphatic carbocycles. The van der Waals surface area contributed by atoms with Gasteiger partial charge >= 0.3 is 0 Å². The summed E-state index contributed by atoms with van der Waals surface area (Å²) in [5.41, 5.74) is 5.02. The van der Waals surface area contributed by atoms with Crippen molar-refractivity contribution in [2.75, 3.05) is 13.7 Å². The van der Waals surface area contributed by atoms with Crippen molar-refractivity contribution in [2.45, 2.75) is 20.0 Å². The lowest BCUT2D eigenvalue weighted by atomic mass is 10.2. The average molecular weight is 358 g/mol. The lowest BCUT2D eigenvalue weighted by molar-refractivity contribution is -0.123. The molecule has 2 aromatic rings. The van der Waals surface area contributed by atoms with Crippen molar-refractivity contribution in [3.8, 4) is 17.2 Å². The summed E-state index contributed by atoms with van der Waals surface area (Å²) in [5.74, 6) is 0.867. The smallest absolute Gasteiger partial charge is 0.276 e. The number of hydrogen-bond donors (Lipinski definition) is 2. The Morgan fingerprint density at radius 2 is 1.65 bits per heavy atom. The Labute approximate surface area is 152 Å². The molecule has 138 valence electrons. The van der Waals surface area contributed by atoms with Crippen LogP contribution in [0.4, 0.5) is 0 Å². The van der Waals surface area contributed by atoms with E-state index in [1.807, 2.05) is 13.8 Å². The van der Waals surface area contributed by atoms with Gasteiger partial charge < -0.3 is 14.2 Å². The maximum Gasteiger partial charge on any atom is 0.276 e. The number of nitrogens with one attached hydrogen (secondary N) is 2. The van der Waals surface area contributed by atoms with Gasteiger partial charge in [0.2, 0.25) is 0 Å². The number of carbonyl (C=O) groups is 2. The van der Waals surface area contributed by atoms with Crippen LogP contribution in [0.25, 0.3) is 0 Å². The lowest BCUT2D eigenvalue weighted by Crippen LogP contribution is -2.43. The predicted molar refractivity (Wildman–Crippen MR) is 96.3 cm³/mol. The molecule has 2 amide bonds. The molecule has 0 aromatic heterocycles. The molecule has 2 rings (SSSR count). The second-order valence-corrected chi connectivity index (χ2v) is 5.66. The van der Waals surface area contributed by atoms with E-state index < -0.39 is 11.8 Å². The van der Waals surface area contributed by atoms with Crippen LogP contribution in [-0.2, 0) is 4.79 Å². The minimum atomic E-state index is -0.483. The van der Waals surface area contributed by atoms with Gasteiger partial charge in [0.05, 0.1) is 13.2 Å². The second-order valence-electron chi connectivity index (χ2n) is 5.66. The molecule has 0 heterocycles. The van der Waals surface area contributed by atoms with Crippen LogP contribution in [0, 0.1) is 0 Å². The van der Waals surface area contributed by atoms with E-state index >= 15 is 0 Å². The van der Waals surface area contributed by atoms with Gasteiger partial charge in [-0.05, 0) is 56.3 Å². The van der Waals surface area contributed by atoms with Crippen molar-refractivity contribution in [1.82, 2.24) is 10.9 Å². The fourth-order valence-corrected chi connectivity index (χ4v) is 2.04. The molecular formula is C19H22N2O5. The van der Waals surface area contributed by atoms with E-state index in [2.05, 4.69) is 10.9 Å². The van der Waals surface area contributed by atoms with E-state index in [1.54, 1.807) is 55.6 Å². The summed E-state index contributed by atoms with van der Waals surface area (Å²) in [6.07, 6.45) is 0.00289. The van der Waals surface area contributed by atoms with Crippen molar-refractivity contribution in [3.05, 3.63) is 54.1 Å². The number of methoxy groups -OCH3 is 1. The maximum atomic E-state index is 12.1. The lowest BCUT2D eigenvalue weighted by Gasteiger charge is -2.12. The first-order valence-electron chi connectivity index (χ1n) is 8.10. The largest absolute Gasteiger partial charge is 0.497 e. The van der Waals surface area contributed by atoms with Crippen LogP contribution in [0.1, 0.15) is 24.2 Å². The molecule has 0 atom stereocenters. The summed E-state index contributed by atoms with van der Waals surface area (Å²) in [7, 11) is 1.57. The number of rotatable bonds is 7. The monoisotopic (exact) mass is 358 g/mol. The number of hydrogen-bond acceptors (Lipinski definition) is 5. The van der Waals surface area contributed by atoms with E-state index in [1.165, 1.54) is 0 Å². The standard InChI is InChI=1S/C19H22N2O5/c1-13(2)26-17-6-4-5-14(11-17)19(23)21-20-18(22)12-25-16-9-7-15(24-3)8-10-16/h4-11,13H,12H2,1-3H3,(H,20,22)(H,21,23). The Hall–Kier alpha value is -3.22. The second kappa shape index (κ2) is 9.31. The molecule has 0 saturated heterocycles. The highest BCUT2D eigenvalue weighted by atomic mass is 16.5. The molecule has 0 aliphatic rings. The zero-order chi connectivity index (χ0) is 18.9. The summed E-state index contributed by atoms with van der Waals surface area (Å²) in [6.45, 7) is 3.56. The van der Waals surface area contributed by atoms with Crippen LogP contribution in [0.5, 0.6) is 17.2 Å². The third-order valence-electron chi connectivity index (χ3n) is 3.21. The Kier molecular flexibility index (Phi) is 6.84. The zero-order valence-corrected chi connectivity index (χ0v) is 14.9. The van der Waals surface area contributed by atoms with Crippen molar-refractivity contribution < 1.29 is 23.8 Å². The highest BCUT2D eigenvalue weighted by molar-refractivity contribution is 5.95. The van der Waals surface area contributed by atoms with Gasteiger partial charge in [0.25, 0.3) is 11.8 Å². The number of hydrazine groups is 1. The van der Waals surface area contributed by atoms with Crippen LogP contribution >= 0.6 is 0 Å². The number of benzene rings is 2. The third-order valence-corrected chi connectivity index (χ3v) is 3.21. The topological polar surface area (TPSA) is 85.9 Å². The zero-order valence-electron chi connectivity index (χ0n) is 14.9. The summed E-state index contributed by atoms with van der Waals surface area (Å²) >= 11 is 0. The summed E-state index contributed by atoms with van der Waals surface area (Å²) in [6, 6.07) is 13.5. The minimum Gasteiger partial charge on any atom is -0.497 e. The molecule has 2 N–H and O–H groups in total. The molecule has 0 spiro atoms. The van der Waals surface area contributed by atoms with Crippen LogP contribution < -0.4 is 25.1 Å². The van der Waals surface area contributed by atoms with Gasteiger partial charge in [-0.25, -0.2) is 0 Å².